The monoisotopic (exact) mass is 398 g/mol. The largest absolute Gasteiger partial charge is 0.337 e. The summed E-state index contributed by atoms with van der Waals surface area (Å²) >= 11 is 1.49. The highest BCUT2D eigenvalue weighted by molar-refractivity contribution is 7.13. The number of aromatic nitrogens is 2. The normalized spacial score (nSPS) is 22.1. The molecule has 0 N–H and O–H groups in total. The molecule has 28 heavy (non-hydrogen) atoms. The Morgan fingerprint density at radius 1 is 1.29 bits per heavy atom. The number of amides is 2. The number of aryl methyl sites for hydroxylation is 1. The topological polar surface area (TPSA) is 66.4 Å². The van der Waals surface area contributed by atoms with E-state index in [0.717, 1.165) is 40.7 Å². The van der Waals surface area contributed by atoms with Gasteiger partial charge in [0.15, 0.2) is 0 Å². The predicted octanol–water partition coefficient (Wildman–Crippen LogP) is 3.23. The van der Waals surface area contributed by atoms with Crippen LogP contribution in [-0.2, 0) is 11.3 Å². The summed E-state index contributed by atoms with van der Waals surface area (Å²) in [6.07, 6.45) is 3.30. The summed E-state index contributed by atoms with van der Waals surface area (Å²) in [5.74, 6) is 0.499. The minimum absolute atomic E-state index is 0.0229. The van der Waals surface area contributed by atoms with Gasteiger partial charge in [0.1, 0.15) is 4.88 Å². The van der Waals surface area contributed by atoms with Gasteiger partial charge in [-0.3, -0.25) is 14.6 Å². The van der Waals surface area contributed by atoms with Gasteiger partial charge in [0, 0.05) is 31.7 Å². The molecule has 2 fully saturated rings. The van der Waals surface area contributed by atoms with Gasteiger partial charge in [-0.25, -0.2) is 4.98 Å². The molecule has 0 saturated carbocycles. The maximum Gasteiger partial charge on any atom is 0.265 e. The molecule has 4 rings (SSSR count). The van der Waals surface area contributed by atoms with E-state index in [4.69, 9.17) is 0 Å². The molecule has 2 aromatic heterocycles. The molecule has 6 nitrogen and oxygen atoms in total. The third-order valence-electron chi connectivity index (χ3n) is 5.82. The summed E-state index contributed by atoms with van der Waals surface area (Å²) in [6, 6.07) is 5.77. The second kappa shape index (κ2) is 7.28. The van der Waals surface area contributed by atoms with Crippen LogP contribution in [0.25, 0.3) is 0 Å². The van der Waals surface area contributed by atoms with Crippen molar-refractivity contribution in [1.82, 2.24) is 19.8 Å². The van der Waals surface area contributed by atoms with Crippen LogP contribution < -0.4 is 0 Å². The number of hydrogen-bond donors (Lipinski definition) is 0. The number of nitrogens with zero attached hydrogens (tertiary/aromatic N) is 4. The number of rotatable bonds is 4. The van der Waals surface area contributed by atoms with Gasteiger partial charge in [-0.05, 0) is 31.9 Å². The lowest BCUT2D eigenvalue weighted by Gasteiger charge is -2.23. The van der Waals surface area contributed by atoms with E-state index in [1.807, 2.05) is 34.9 Å². The fourth-order valence-corrected chi connectivity index (χ4v) is 5.20. The standard InChI is InChI=1S/C21H26N4O2S/c1-14(2)18-23-15(3)17(28-18)19(26)25-11-8-21(13-25)7-10-24(20(21)27)12-16-6-4-5-9-22-16/h4-6,9,14H,7-8,10-13H2,1-3H3. The number of carbonyl (C=O) groups is 2. The first-order valence-corrected chi connectivity index (χ1v) is 10.7. The van der Waals surface area contributed by atoms with E-state index in [2.05, 4.69) is 23.8 Å². The van der Waals surface area contributed by atoms with Gasteiger partial charge in [-0.15, -0.1) is 11.3 Å². The molecule has 0 aliphatic carbocycles. The lowest BCUT2D eigenvalue weighted by molar-refractivity contribution is -0.135. The van der Waals surface area contributed by atoms with E-state index in [1.54, 1.807) is 6.20 Å². The maximum absolute atomic E-state index is 13.1. The Morgan fingerprint density at radius 3 is 2.75 bits per heavy atom. The summed E-state index contributed by atoms with van der Waals surface area (Å²) in [7, 11) is 0. The molecule has 0 radical (unpaired) electrons. The quantitative estimate of drug-likeness (QED) is 0.793. The summed E-state index contributed by atoms with van der Waals surface area (Å²) in [5, 5.41) is 0.994. The molecule has 4 heterocycles. The second-order valence-electron chi connectivity index (χ2n) is 8.18. The van der Waals surface area contributed by atoms with Crippen molar-refractivity contribution in [2.75, 3.05) is 19.6 Å². The third kappa shape index (κ3) is 3.32. The minimum atomic E-state index is -0.427. The molecule has 1 unspecified atom stereocenters. The Bertz CT molecular complexity index is 895. The van der Waals surface area contributed by atoms with Gasteiger partial charge in [0.2, 0.25) is 5.91 Å². The Morgan fingerprint density at radius 2 is 2.07 bits per heavy atom. The van der Waals surface area contributed by atoms with E-state index in [0.29, 0.717) is 25.6 Å². The number of hydrogen-bond acceptors (Lipinski definition) is 5. The molecular weight excluding hydrogens is 372 g/mol. The van der Waals surface area contributed by atoms with Gasteiger partial charge in [0.25, 0.3) is 5.91 Å². The summed E-state index contributed by atoms with van der Waals surface area (Å²) in [6.45, 7) is 8.50. The average Bonchev–Trinajstić information content (AvgIpc) is 3.37. The summed E-state index contributed by atoms with van der Waals surface area (Å²) in [5.41, 5.74) is 1.28. The molecule has 2 aliphatic rings. The van der Waals surface area contributed by atoms with Gasteiger partial charge < -0.3 is 9.80 Å². The van der Waals surface area contributed by atoms with Crippen LogP contribution in [-0.4, -0.2) is 51.2 Å². The van der Waals surface area contributed by atoms with Gasteiger partial charge in [0.05, 0.1) is 28.4 Å². The molecule has 2 aromatic rings. The van der Waals surface area contributed by atoms with Gasteiger partial charge in [-0.1, -0.05) is 19.9 Å². The Hall–Kier alpha value is -2.28. The zero-order valence-corrected chi connectivity index (χ0v) is 17.5. The van der Waals surface area contributed by atoms with Crippen molar-refractivity contribution in [3.8, 4) is 0 Å². The summed E-state index contributed by atoms with van der Waals surface area (Å²) in [4.78, 5) is 39.6. The van der Waals surface area contributed by atoms with Crippen LogP contribution in [0.15, 0.2) is 24.4 Å². The fourth-order valence-electron chi connectivity index (χ4n) is 4.16. The van der Waals surface area contributed by atoms with Crippen LogP contribution >= 0.6 is 11.3 Å². The number of carbonyl (C=O) groups excluding carboxylic acids is 2. The number of pyridine rings is 1. The van der Waals surface area contributed by atoms with E-state index in [9.17, 15) is 9.59 Å². The Kier molecular flexibility index (Phi) is 4.95. The highest BCUT2D eigenvalue weighted by atomic mass is 32.1. The molecule has 1 atom stereocenters. The van der Waals surface area contributed by atoms with Gasteiger partial charge in [-0.2, -0.15) is 0 Å². The van der Waals surface area contributed by atoms with E-state index in [-0.39, 0.29) is 11.8 Å². The summed E-state index contributed by atoms with van der Waals surface area (Å²) < 4.78 is 0. The predicted molar refractivity (Wildman–Crippen MR) is 108 cm³/mol. The molecule has 2 saturated heterocycles. The van der Waals surface area contributed by atoms with Crippen molar-refractivity contribution in [2.24, 2.45) is 5.41 Å². The van der Waals surface area contributed by atoms with Crippen molar-refractivity contribution >= 4 is 23.2 Å². The second-order valence-corrected chi connectivity index (χ2v) is 9.21. The first-order valence-electron chi connectivity index (χ1n) is 9.85. The average molecular weight is 399 g/mol. The van der Waals surface area contributed by atoms with Crippen LogP contribution in [0.1, 0.15) is 58.7 Å². The SMILES string of the molecule is Cc1nc(C(C)C)sc1C(=O)N1CCC2(CCN(Cc3ccccn3)C2=O)C1. The zero-order valence-electron chi connectivity index (χ0n) is 16.6. The first kappa shape index (κ1) is 19.1. The van der Waals surface area contributed by atoms with Crippen molar-refractivity contribution in [1.29, 1.82) is 0 Å². The zero-order chi connectivity index (χ0) is 19.9. The molecule has 2 amide bonds. The third-order valence-corrected chi connectivity index (χ3v) is 7.27. The van der Waals surface area contributed by atoms with Crippen LogP contribution in [0.3, 0.4) is 0 Å². The van der Waals surface area contributed by atoms with Crippen LogP contribution in [0.4, 0.5) is 0 Å². The van der Waals surface area contributed by atoms with E-state index in [1.165, 1.54) is 11.3 Å². The smallest absolute Gasteiger partial charge is 0.265 e. The Labute approximate surface area is 169 Å². The number of thiazole rings is 1. The van der Waals surface area contributed by atoms with Crippen LogP contribution in [0.2, 0.25) is 0 Å². The van der Waals surface area contributed by atoms with Crippen LogP contribution in [0.5, 0.6) is 0 Å². The highest BCUT2D eigenvalue weighted by Gasteiger charge is 2.51. The molecule has 2 aliphatic heterocycles. The van der Waals surface area contributed by atoms with Crippen molar-refractivity contribution < 1.29 is 9.59 Å². The van der Waals surface area contributed by atoms with Gasteiger partial charge >= 0.3 is 0 Å². The molecule has 0 bridgehead atoms. The van der Waals surface area contributed by atoms with Crippen molar-refractivity contribution in [3.05, 3.63) is 45.7 Å². The molecule has 0 aromatic carbocycles. The van der Waals surface area contributed by atoms with E-state index >= 15 is 0 Å². The number of likely N-dealkylation sites (tertiary alicyclic amines) is 2. The minimum Gasteiger partial charge on any atom is -0.337 e. The van der Waals surface area contributed by atoms with Crippen molar-refractivity contribution in [3.63, 3.8) is 0 Å². The van der Waals surface area contributed by atoms with E-state index < -0.39 is 5.41 Å². The maximum atomic E-state index is 13.1. The first-order chi connectivity index (χ1) is 13.4. The molecule has 7 heteroatoms. The Balaban J connectivity index is 1.46. The van der Waals surface area contributed by atoms with Crippen molar-refractivity contribution in [2.45, 2.75) is 46.1 Å². The molecule has 1 spiro atoms. The highest BCUT2D eigenvalue weighted by Crippen LogP contribution is 2.42. The fraction of sp³-hybridized carbons (Fsp3) is 0.524. The molecule has 148 valence electrons. The van der Waals surface area contributed by atoms with Crippen LogP contribution in [0, 0.1) is 12.3 Å². The lowest BCUT2D eigenvalue weighted by atomic mass is 9.85. The lowest BCUT2D eigenvalue weighted by Crippen LogP contribution is -2.38. The molecular formula is C21H26N4O2S.